The smallest absolute Gasteiger partial charge is 0.265 e. The van der Waals surface area contributed by atoms with E-state index < -0.39 is 6.10 Å². The molecule has 0 bridgehead atoms. The highest BCUT2D eigenvalue weighted by molar-refractivity contribution is 6.31. The molecule has 0 fully saturated rings. The lowest BCUT2D eigenvalue weighted by Crippen LogP contribution is -2.30. The highest BCUT2D eigenvalue weighted by atomic mass is 35.5. The van der Waals surface area contributed by atoms with Crippen LogP contribution in [0.2, 0.25) is 5.02 Å². The van der Waals surface area contributed by atoms with Crippen molar-refractivity contribution in [3.8, 4) is 5.75 Å². The Hall–Kier alpha value is -2.00. The number of halogens is 1. The predicted octanol–water partition coefficient (Wildman–Crippen LogP) is 4.67. The van der Waals surface area contributed by atoms with Crippen molar-refractivity contribution in [2.45, 2.75) is 33.8 Å². The average Bonchev–Trinajstić information content (AvgIpc) is 2.47. The van der Waals surface area contributed by atoms with Gasteiger partial charge in [-0.05, 0) is 68.7 Å². The van der Waals surface area contributed by atoms with Crippen molar-refractivity contribution in [1.29, 1.82) is 0 Å². The number of ether oxygens (including phenoxy) is 1. The van der Waals surface area contributed by atoms with Crippen molar-refractivity contribution in [3.63, 3.8) is 0 Å². The molecule has 0 saturated carbocycles. The second-order valence-electron chi connectivity index (χ2n) is 5.41. The van der Waals surface area contributed by atoms with Crippen LogP contribution in [0.4, 0.5) is 5.69 Å². The van der Waals surface area contributed by atoms with Gasteiger partial charge in [0.25, 0.3) is 5.91 Å². The first-order valence-electron chi connectivity index (χ1n) is 7.18. The van der Waals surface area contributed by atoms with E-state index in [1.165, 1.54) is 5.56 Å². The van der Waals surface area contributed by atoms with Gasteiger partial charge in [0.1, 0.15) is 5.75 Å². The fourth-order valence-corrected chi connectivity index (χ4v) is 2.20. The first-order valence-corrected chi connectivity index (χ1v) is 7.56. The van der Waals surface area contributed by atoms with E-state index in [1.807, 2.05) is 45.0 Å². The van der Waals surface area contributed by atoms with Gasteiger partial charge in [-0.3, -0.25) is 4.79 Å². The van der Waals surface area contributed by atoms with Crippen LogP contribution in [0, 0.1) is 20.8 Å². The van der Waals surface area contributed by atoms with Crippen LogP contribution in [0.3, 0.4) is 0 Å². The number of hydrogen-bond donors (Lipinski definition) is 1. The number of hydrogen-bond acceptors (Lipinski definition) is 2. The SMILES string of the molecule is Cc1ccc(O[C@H](C)C(=O)Nc2cccc(Cl)c2C)cc1C. The van der Waals surface area contributed by atoms with Gasteiger partial charge in [-0.15, -0.1) is 0 Å². The molecule has 0 aromatic heterocycles. The van der Waals surface area contributed by atoms with Crippen LogP contribution in [-0.4, -0.2) is 12.0 Å². The molecule has 0 aliphatic rings. The molecule has 1 amide bonds. The van der Waals surface area contributed by atoms with Crippen molar-refractivity contribution in [1.82, 2.24) is 0 Å². The van der Waals surface area contributed by atoms with Crippen LogP contribution >= 0.6 is 11.6 Å². The Balaban J connectivity index is 2.06. The van der Waals surface area contributed by atoms with E-state index in [0.29, 0.717) is 16.5 Å². The minimum Gasteiger partial charge on any atom is -0.481 e. The maximum absolute atomic E-state index is 12.3. The molecular weight excluding hydrogens is 298 g/mol. The highest BCUT2D eigenvalue weighted by Gasteiger charge is 2.16. The molecule has 2 aromatic rings. The lowest BCUT2D eigenvalue weighted by molar-refractivity contribution is -0.122. The van der Waals surface area contributed by atoms with Crippen LogP contribution in [0.15, 0.2) is 36.4 Å². The molecule has 0 aliphatic carbocycles. The Labute approximate surface area is 136 Å². The first-order chi connectivity index (χ1) is 10.4. The molecule has 0 heterocycles. The maximum Gasteiger partial charge on any atom is 0.265 e. The van der Waals surface area contributed by atoms with Gasteiger partial charge in [0.05, 0.1) is 0 Å². The molecule has 22 heavy (non-hydrogen) atoms. The minimum absolute atomic E-state index is 0.205. The molecule has 1 N–H and O–H groups in total. The van der Waals surface area contributed by atoms with E-state index in [-0.39, 0.29) is 5.91 Å². The lowest BCUT2D eigenvalue weighted by Gasteiger charge is -2.16. The Morgan fingerprint density at radius 2 is 1.86 bits per heavy atom. The van der Waals surface area contributed by atoms with Crippen LogP contribution in [0.5, 0.6) is 5.75 Å². The molecule has 0 saturated heterocycles. The first kappa shape index (κ1) is 16.4. The fourth-order valence-electron chi connectivity index (χ4n) is 2.02. The van der Waals surface area contributed by atoms with Crippen molar-refractivity contribution in [2.24, 2.45) is 0 Å². The van der Waals surface area contributed by atoms with Gasteiger partial charge in [-0.1, -0.05) is 23.7 Å². The van der Waals surface area contributed by atoms with E-state index >= 15 is 0 Å². The van der Waals surface area contributed by atoms with Gasteiger partial charge < -0.3 is 10.1 Å². The van der Waals surface area contributed by atoms with Crippen LogP contribution in [0.1, 0.15) is 23.6 Å². The molecule has 3 nitrogen and oxygen atoms in total. The summed E-state index contributed by atoms with van der Waals surface area (Å²) in [7, 11) is 0. The van der Waals surface area contributed by atoms with Gasteiger partial charge in [0.2, 0.25) is 0 Å². The summed E-state index contributed by atoms with van der Waals surface area (Å²) < 4.78 is 5.71. The van der Waals surface area contributed by atoms with Gasteiger partial charge in [-0.2, -0.15) is 0 Å². The number of aryl methyl sites for hydroxylation is 2. The largest absolute Gasteiger partial charge is 0.481 e. The third-order valence-corrected chi connectivity index (χ3v) is 4.10. The van der Waals surface area contributed by atoms with E-state index in [9.17, 15) is 4.79 Å². The topological polar surface area (TPSA) is 38.3 Å². The number of carbonyl (C=O) groups excluding carboxylic acids is 1. The van der Waals surface area contributed by atoms with Gasteiger partial charge in [0, 0.05) is 10.7 Å². The van der Waals surface area contributed by atoms with Gasteiger partial charge >= 0.3 is 0 Å². The maximum atomic E-state index is 12.3. The lowest BCUT2D eigenvalue weighted by atomic mass is 10.1. The Kier molecular flexibility index (Phi) is 5.09. The van der Waals surface area contributed by atoms with Gasteiger partial charge in [-0.25, -0.2) is 0 Å². The zero-order chi connectivity index (χ0) is 16.3. The Morgan fingerprint density at radius 1 is 1.14 bits per heavy atom. The predicted molar refractivity (Wildman–Crippen MR) is 90.8 cm³/mol. The molecule has 116 valence electrons. The third-order valence-electron chi connectivity index (χ3n) is 3.69. The van der Waals surface area contributed by atoms with E-state index in [4.69, 9.17) is 16.3 Å². The molecule has 2 rings (SSSR count). The summed E-state index contributed by atoms with van der Waals surface area (Å²) in [6.07, 6.45) is -0.597. The summed E-state index contributed by atoms with van der Waals surface area (Å²) in [5.74, 6) is 0.483. The number of benzene rings is 2. The van der Waals surface area contributed by atoms with E-state index in [2.05, 4.69) is 5.32 Å². The number of amides is 1. The summed E-state index contributed by atoms with van der Waals surface area (Å²) in [5, 5.41) is 3.47. The molecule has 0 spiro atoms. The Bertz CT molecular complexity index is 697. The number of carbonyl (C=O) groups is 1. The van der Waals surface area contributed by atoms with Gasteiger partial charge in [0.15, 0.2) is 6.10 Å². The summed E-state index contributed by atoms with van der Waals surface area (Å²) in [5.41, 5.74) is 3.87. The van der Waals surface area contributed by atoms with Crippen LogP contribution < -0.4 is 10.1 Å². The summed E-state index contributed by atoms with van der Waals surface area (Å²) in [4.78, 5) is 12.3. The van der Waals surface area contributed by atoms with Crippen molar-refractivity contribution < 1.29 is 9.53 Å². The quantitative estimate of drug-likeness (QED) is 0.889. The van der Waals surface area contributed by atoms with Crippen molar-refractivity contribution in [2.75, 3.05) is 5.32 Å². The minimum atomic E-state index is -0.597. The number of rotatable bonds is 4. The standard InChI is InChI=1S/C18H20ClNO2/c1-11-8-9-15(10-12(11)2)22-14(4)18(21)20-17-7-5-6-16(19)13(17)3/h5-10,14H,1-4H3,(H,20,21)/t14-/m1/s1. The number of anilines is 1. The molecule has 0 radical (unpaired) electrons. The molecule has 4 heteroatoms. The summed E-state index contributed by atoms with van der Waals surface area (Å²) in [6, 6.07) is 11.2. The van der Waals surface area contributed by atoms with Crippen LogP contribution in [0.25, 0.3) is 0 Å². The molecule has 0 unspecified atom stereocenters. The Morgan fingerprint density at radius 3 is 2.55 bits per heavy atom. The molecule has 0 aliphatic heterocycles. The highest BCUT2D eigenvalue weighted by Crippen LogP contribution is 2.23. The molecule has 2 aromatic carbocycles. The number of nitrogens with one attached hydrogen (secondary N) is 1. The second-order valence-corrected chi connectivity index (χ2v) is 5.81. The van der Waals surface area contributed by atoms with E-state index in [0.717, 1.165) is 11.1 Å². The van der Waals surface area contributed by atoms with Crippen molar-refractivity contribution in [3.05, 3.63) is 58.1 Å². The average molecular weight is 318 g/mol. The van der Waals surface area contributed by atoms with E-state index in [1.54, 1.807) is 19.1 Å². The third kappa shape index (κ3) is 3.80. The molecular formula is C18H20ClNO2. The molecule has 1 atom stereocenters. The summed E-state index contributed by atoms with van der Waals surface area (Å²) >= 11 is 6.06. The zero-order valence-corrected chi connectivity index (χ0v) is 14.0. The second kappa shape index (κ2) is 6.84. The van der Waals surface area contributed by atoms with Crippen molar-refractivity contribution >= 4 is 23.2 Å². The van der Waals surface area contributed by atoms with Crippen LogP contribution in [-0.2, 0) is 4.79 Å². The summed E-state index contributed by atoms with van der Waals surface area (Å²) in [6.45, 7) is 7.65. The monoisotopic (exact) mass is 317 g/mol. The normalized spacial score (nSPS) is 11.9. The zero-order valence-electron chi connectivity index (χ0n) is 13.2. The fraction of sp³-hybridized carbons (Fsp3) is 0.278.